The first-order valence-corrected chi connectivity index (χ1v) is 7.88. The van der Waals surface area contributed by atoms with Crippen LogP contribution in [0.15, 0.2) is 30.3 Å². The van der Waals surface area contributed by atoms with Crippen molar-refractivity contribution in [1.82, 2.24) is 4.90 Å². The molecule has 0 saturated carbocycles. The van der Waals surface area contributed by atoms with E-state index in [1.54, 1.807) is 0 Å². The molecule has 4 nitrogen and oxygen atoms in total. The van der Waals surface area contributed by atoms with E-state index in [1.807, 2.05) is 23.1 Å². The second kappa shape index (κ2) is 7.05. The molecule has 0 N–H and O–H groups in total. The molecule has 1 aromatic rings. The van der Waals surface area contributed by atoms with Gasteiger partial charge in [-0.3, -0.25) is 4.79 Å². The van der Waals surface area contributed by atoms with E-state index in [0.717, 1.165) is 38.8 Å². The van der Waals surface area contributed by atoms with Crippen LogP contribution in [0.1, 0.15) is 24.8 Å². The Labute approximate surface area is 126 Å². The fourth-order valence-electron chi connectivity index (χ4n) is 3.09. The van der Waals surface area contributed by atoms with Gasteiger partial charge >= 0.3 is 0 Å². The zero-order valence-electron chi connectivity index (χ0n) is 12.4. The number of carbonyl (C=O) groups is 1. The molecule has 4 heteroatoms. The van der Waals surface area contributed by atoms with E-state index in [9.17, 15) is 4.79 Å². The Morgan fingerprint density at radius 3 is 2.71 bits per heavy atom. The van der Waals surface area contributed by atoms with E-state index in [-0.39, 0.29) is 18.1 Å². The summed E-state index contributed by atoms with van der Waals surface area (Å²) >= 11 is 0. The van der Waals surface area contributed by atoms with Gasteiger partial charge in [-0.15, -0.1) is 0 Å². The molecule has 1 aromatic carbocycles. The highest BCUT2D eigenvalue weighted by Crippen LogP contribution is 2.20. The van der Waals surface area contributed by atoms with E-state index >= 15 is 0 Å². The van der Waals surface area contributed by atoms with Crippen molar-refractivity contribution in [2.45, 2.75) is 37.8 Å². The molecule has 0 aliphatic carbocycles. The van der Waals surface area contributed by atoms with Crippen LogP contribution in [-0.2, 0) is 20.7 Å². The van der Waals surface area contributed by atoms with Gasteiger partial charge in [0.25, 0.3) is 5.91 Å². The van der Waals surface area contributed by atoms with E-state index in [2.05, 4.69) is 12.1 Å². The van der Waals surface area contributed by atoms with Crippen molar-refractivity contribution in [2.75, 3.05) is 26.4 Å². The van der Waals surface area contributed by atoms with Gasteiger partial charge in [-0.05, 0) is 31.2 Å². The van der Waals surface area contributed by atoms with Gasteiger partial charge in [-0.1, -0.05) is 30.3 Å². The molecular weight excluding hydrogens is 266 g/mol. The van der Waals surface area contributed by atoms with Crippen molar-refractivity contribution in [2.24, 2.45) is 0 Å². The normalized spacial score (nSPS) is 25.1. The standard InChI is InChI=1S/C17H23NO3/c19-17(16-7-4-11-21-16)18(15-9-12-20-13-15)10-8-14-5-2-1-3-6-14/h1-3,5-6,15-16H,4,7-13H2/t15-,16-/m0/s1. The molecule has 2 heterocycles. The van der Waals surface area contributed by atoms with Gasteiger partial charge in [-0.2, -0.15) is 0 Å². The van der Waals surface area contributed by atoms with Gasteiger partial charge in [0.15, 0.2) is 0 Å². The first kappa shape index (κ1) is 14.5. The molecule has 0 unspecified atom stereocenters. The Hall–Kier alpha value is -1.39. The topological polar surface area (TPSA) is 38.8 Å². The third-order valence-electron chi connectivity index (χ3n) is 4.32. The van der Waals surface area contributed by atoms with Crippen LogP contribution in [0.4, 0.5) is 0 Å². The van der Waals surface area contributed by atoms with E-state index in [1.165, 1.54) is 5.56 Å². The summed E-state index contributed by atoms with van der Waals surface area (Å²) in [4.78, 5) is 14.7. The van der Waals surface area contributed by atoms with Crippen LogP contribution in [0.3, 0.4) is 0 Å². The Morgan fingerprint density at radius 2 is 2.05 bits per heavy atom. The maximum Gasteiger partial charge on any atom is 0.252 e. The fraction of sp³-hybridized carbons (Fsp3) is 0.588. The molecule has 2 saturated heterocycles. The van der Waals surface area contributed by atoms with Gasteiger partial charge in [0.05, 0.1) is 12.6 Å². The van der Waals surface area contributed by atoms with Crippen LogP contribution >= 0.6 is 0 Å². The lowest BCUT2D eigenvalue weighted by Gasteiger charge is -2.30. The monoisotopic (exact) mass is 289 g/mol. The Morgan fingerprint density at radius 1 is 1.19 bits per heavy atom. The average Bonchev–Trinajstić information content (AvgIpc) is 3.22. The van der Waals surface area contributed by atoms with Crippen molar-refractivity contribution < 1.29 is 14.3 Å². The number of hydrogen-bond donors (Lipinski definition) is 0. The highest BCUT2D eigenvalue weighted by Gasteiger charge is 2.33. The SMILES string of the molecule is O=C([C@@H]1CCCO1)N(CCc1ccccc1)[C@H]1CCOC1. The van der Waals surface area contributed by atoms with E-state index in [0.29, 0.717) is 13.2 Å². The maximum atomic E-state index is 12.7. The van der Waals surface area contributed by atoms with Crippen molar-refractivity contribution >= 4 is 5.91 Å². The first-order chi connectivity index (χ1) is 10.3. The second-order valence-corrected chi connectivity index (χ2v) is 5.79. The van der Waals surface area contributed by atoms with Crippen LogP contribution < -0.4 is 0 Å². The number of nitrogens with zero attached hydrogens (tertiary/aromatic N) is 1. The smallest absolute Gasteiger partial charge is 0.252 e. The van der Waals surface area contributed by atoms with Crippen LogP contribution in [0.2, 0.25) is 0 Å². The van der Waals surface area contributed by atoms with E-state index in [4.69, 9.17) is 9.47 Å². The number of hydrogen-bond acceptors (Lipinski definition) is 3. The van der Waals surface area contributed by atoms with Crippen molar-refractivity contribution in [3.8, 4) is 0 Å². The summed E-state index contributed by atoms with van der Waals surface area (Å²) in [5.41, 5.74) is 1.27. The van der Waals surface area contributed by atoms with Crippen molar-refractivity contribution in [3.63, 3.8) is 0 Å². The largest absolute Gasteiger partial charge is 0.379 e. The molecule has 2 atom stereocenters. The molecule has 0 aromatic heterocycles. The molecule has 0 spiro atoms. The zero-order chi connectivity index (χ0) is 14.5. The first-order valence-electron chi connectivity index (χ1n) is 7.88. The predicted octanol–water partition coefficient (Wildman–Crippen LogP) is 2.03. The van der Waals surface area contributed by atoms with Crippen molar-refractivity contribution in [1.29, 1.82) is 0 Å². The highest BCUT2D eigenvalue weighted by molar-refractivity contribution is 5.81. The molecule has 2 aliphatic heterocycles. The summed E-state index contributed by atoms with van der Waals surface area (Å²) in [6.07, 6.45) is 3.43. The number of ether oxygens (including phenoxy) is 2. The van der Waals surface area contributed by atoms with Crippen LogP contribution in [-0.4, -0.2) is 49.3 Å². The lowest BCUT2D eigenvalue weighted by Crippen LogP contribution is -2.46. The second-order valence-electron chi connectivity index (χ2n) is 5.79. The van der Waals surface area contributed by atoms with Gasteiger partial charge in [0.2, 0.25) is 0 Å². The molecule has 21 heavy (non-hydrogen) atoms. The predicted molar refractivity (Wildman–Crippen MR) is 80.1 cm³/mol. The molecular formula is C17H23NO3. The van der Waals surface area contributed by atoms with Gasteiger partial charge in [0.1, 0.15) is 6.10 Å². The summed E-state index contributed by atoms with van der Waals surface area (Å²) in [7, 11) is 0. The summed E-state index contributed by atoms with van der Waals surface area (Å²) in [6.45, 7) is 2.87. The third-order valence-corrected chi connectivity index (χ3v) is 4.32. The van der Waals surface area contributed by atoms with Gasteiger partial charge in [0, 0.05) is 19.8 Å². The quantitative estimate of drug-likeness (QED) is 0.832. The number of amides is 1. The lowest BCUT2D eigenvalue weighted by molar-refractivity contribution is -0.143. The zero-order valence-corrected chi connectivity index (χ0v) is 12.4. The minimum atomic E-state index is -0.235. The maximum absolute atomic E-state index is 12.7. The Kier molecular flexibility index (Phi) is 4.88. The minimum Gasteiger partial charge on any atom is -0.379 e. The van der Waals surface area contributed by atoms with Crippen LogP contribution in [0.25, 0.3) is 0 Å². The lowest BCUT2D eigenvalue weighted by atomic mass is 10.1. The molecule has 1 amide bonds. The summed E-state index contributed by atoms with van der Waals surface area (Å²) in [5.74, 6) is 0.152. The molecule has 0 bridgehead atoms. The summed E-state index contributed by atoms with van der Waals surface area (Å²) in [5, 5.41) is 0. The Balaban J connectivity index is 1.65. The average molecular weight is 289 g/mol. The number of carbonyl (C=O) groups excluding carboxylic acids is 1. The van der Waals surface area contributed by atoms with E-state index < -0.39 is 0 Å². The molecule has 0 radical (unpaired) electrons. The molecule has 2 fully saturated rings. The van der Waals surface area contributed by atoms with Crippen molar-refractivity contribution in [3.05, 3.63) is 35.9 Å². The molecule has 2 aliphatic rings. The Bertz CT molecular complexity index is 450. The molecule has 3 rings (SSSR count). The van der Waals surface area contributed by atoms with Gasteiger partial charge < -0.3 is 14.4 Å². The fourth-order valence-corrected chi connectivity index (χ4v) is 3.09. The number of rotatable bonds is 5. The van der Waals surface area contributed by atoms with Crippen LogP contribution in [0.5, 0.6) is 0 Å². The highest BCUT2D eigenvalue weighted by atomic mass is 16.5. The minimum absolute atomic E-state index is 0.152. The molecule has 114 valence electrons. The van der Waals surface area contributed by atoms with Crippen LogP contribution in [0, 0.1) is 0 Å². The van der Waals surface area contributed by atoms with Gasteiger partial charge in [-0.25, -0.2) is 0 Å². The summed E-state index contributed by atoms with van der Waals surface area (Å²) < 4.78 is 11.0. The summed E-state index contributed by atoms with van der Waals surface area (Å²) in [6, 6.07) is 10.5. The third kappa shape index (κ3) is 3.63. The number of benzene rings is 1.